The minimum Gasteiger partial charge on any atom is -0.496 e. The van der Waals surface area contributed by atoms with Gasteiger partial charge >= 0.3 is 12.1 Å². The topological polar surface area (TPSA) is 47.6 Å². The molecule has 0 amide bonds. The van der Waals surface area contributed by atoms with E-state index in [2.05, 4.69) is 10.1 Å². The van der Waals surface area contributed by atoms with Gasteiger partial charge in [-0.15, -0.1) is 0 Å². The molecule has 0 spiro atoms. The van der Waals surface area contributed by atoms with Crippen LogP contribution in [0.1, 0.15) is 15.9 Å². The van der Waals surface area contributed by atoms with E-state index >= 15 is 0 Å². The van der Waals surface area contributed by atoms with Crippen LogP contribution < -0.4 is 10.1 Å². The van der Waals surface area contributed by atoms with Crippen LogP contribution in [0.4, 0.5) is 24.5 Å². The summed E-state index contributed by atoms with van der Waals surface area (Å²) in [7, 11) is 2.40. The summed E-state index contributed by atoms with van der Waals surface area (Å²) in [6, 6.07) is 9.95. The average molecular weight is 325 g/mol. The van der Waals surface area contributed by atoms with Crippen LogP contribution in [-0.2, 0) is 10.9 Å². The van der Waals surface area contributed by atoms with E-state index in [-0.39, 0.29) is 17.0 Å². The molecule has 0 aliphatic rings. The lowest BCUT2D eigenvalue weighted by atomic mass is 10.1. The van der Waals surface area contributed by atoms with Crippen LogP contribution in [-0.4, -0.2) is 20.2 Å². The average Bonchev–Trinajstić information content (AvgIpc) is 2.54. The summed E-state index contributed by atoms with van der Waals surface area (Å²) in [4.78, 5) is 11.7. The summed E-state index contributed by atoms with van der Waals surface area (Å²) in [5.41, 5.74) is -0.160. The van der Waals surface area contributed by atoms with E-state index in [1.807, 2.05) is 0 Å². The third-order valence-corrected chi connectivity index (χ3v) is 3.12. The number of nitrogens with one attached hydrogen (secondary N) is 1. The van der Waals surface area contributed by atoms with Crippen LogP contribution in [0.15, 0.2) is 42.5 Å². The van der Waals surface area contributed by atoms with E-state index in [4.69, 9.17) is 4.74 Å². The maximum atomic E-state index is 13.0. The molecule has 0 fully saturated rings. The highest BCUT2D eigenvalue weighted by Gasteiger charge is 2.34. The molecule has 0 heterocycles. The van der Waals surface area contributed by atoms with Crippen LogP contribution in [0, 0.1) is 0 Å². The molecule has 1 N–H and O–H groups in total. The molecule has 0 unspecified atom stereocenters. The first-order valence-electron chi connectivity index (χ1n) is 6.56. The fourth-order valence-corrected chi connectivity index (χ4v) is 2.04. The summed E-state index contributed by atoms with van der Waals surface area (Å²) in [5, 5.41) is 2.80. The van der Waals surface area contributed by atoms with Gasteiger partial charge < -0.3 is 14.8 Å². The van der Waals surface area contributed by atoms with Gasteiger partial charge in [-0.3, -0.25) is 0 Å². The minimum absolute atomic E-state index is 0.175. The van der Waals surface area contributed by atoms with Gasteiger partial charge in [0.15, 0.2) is 0 Å². The van der Waals surface area contributed by atoms with E-state index in [1.54, 1.807) is 18.2 Å². The van der Waals surface area contributed by atoms with Crippen molar-refractivity contribution in [3.8, 4) is 5.75 Å². The summed E-state index contributed by atoms with van der Waals surface area (Å²) < 4.78 is 48.5. The molecule has 7 heteroatoms. The molecule has 122 valence electrons. The lowest BCUT2D eigenvalue weighted by molar-refractivity contribution is -0.138. The number of anilines is 2. The van der Waals surface area contributed by atoms with Crippen molar-refractivity contribution in [2.75, 3.05) is 19.5 Å². The predicted octanol–water partition coefficient (Wildman–Crippen LogP) is 4.24. The molecule has 4 nitrogen and oxygen atoms in total. The Labute approximate surface area is 130 Å². The first-order chi connectivity index (χ1) is 10.9. The Morgan fingerprint density at radius 1 is 1.09 bits per heavy atom. The molecular weight excluding hydrogens is 311 g/mol. The number of alkyl halides is 3. The highest BCUT2D eigenvalue weighted by atomic mass is 19.4. The molecule has 0 atom stereocenters. The largest absolute Gasteiger partial charge is 0.496 e. The molecule has 2 aromatic carbocycles. The number of benzene rings is 2. The highest BCUT2D eigenvalue weighted by Crippen LogP contribution is 2.38. The Kier molecular flexibility index (Phi) is 4.78. The molecule has 0 saturated carbocycles. The van der Waals surface area contributed by atoms with Crippen molar-refractivity contribution in [3.05, 3.63) is 53.6 Å². The number of rotatable bonds is 4. The number of carbonyl (C=O) groups excluding carboxylic acids is 1. The zero-order valence-corrected chi connectivity index (χ0v) is 12.4. The highest BCUT2D eigenvalue weighted by molar-refractivity contribution is 5.96. The Morgan fingerprint density at radius 3 is 2.39 bits per heavy atom. The van der Waals surface area contributed by atoms with Crippen molar-refractivity contribution in [3.63, 3.8) is 0 Å². The van der Waals surface area contributed by atoms with Crippen LogP contribution in [0.25, 0.3) is 0 Å². The Balaban J connectivity index is 2.40. The van der Waals surface area contributed by atoms with E-state index in [1.165, 1.54) is 32.4 Å². The first kappa shape index (κ1) is 16.7. The monoisotopic (exact) mass is 325 g/mol. The number of esters is 1. The third-order valence-electron chi connectivity index (χ3n) is 3.12. The van der Waals surface area contributed by atoms with Crippen molar-refractivity contribution >= 4 is 17.3 Å². The molecule has 2 rings (SSSR count). The number of halogens is 3. The molecular formula is C16H14F3NO3. The van der Waals surface area contributed by atoms with Crippen molar-refractivity contribution < 1.29 is 27.4 Å². The number of carbonyl (C=O) groups is 1. The number of hydrogen-bond acceptors (Lipinski definition) is 4. The smallest absolute Gasteiger partial charge is 0.420 e. The van der Waals surface area contributed by atoms with E-state index in [0.717, 1.165) is 6.07 Å². The Bertz CT molecular complexity index is 714. The quantitative estimate of drug-likeness (QED) is 0.854. The number of para-hydroxylation sites is 1. The number of ether oxygens (including phenoxy) is 2. The Hall–Kier alpha value is -2.70. The van der Waals surface area contributed by atoms with Gasteiger partial charge in [0.2, 0.25) is 0 Å². The molecule has 23 heavy (non-hydrogen) atoms. The van der Waals surface area contributed by atoms with Gasteiger partial charge in [0.1, 0.15) is 5.75 Å². The van der Waals surface area contributed by atoms with Crippen LogP contribution in [0.5, 0.6) is 5.75 Å². The standard InChI is InChI=1S/C16H14F3NO3/c1-22-14-8-7-10(9-12(14)16(17,18)19)20-13-6-4-3-5-11(13)15(21)23-2/h3-9,20H,1-2H3. The van der Waals surface area contributed by atoms with Gasteiger partial charge in [0.05, 0.1) is 31.0 Å². The third kappa shape index (κ3) is 3.74. The lowest BCUT2D eigenvalue weighted by Gasteiger charge is -2.15. The van der Waals surface area contributed by atoms with E-state index in [9.17, 15) is 18.0 Å². The van der Waals surface area contributed by atoms with Crippen molar-refractivity contribution in [2.45, 2.75) is 6.18 Å². The van der Waals surface area contributed by atoms with Gasteiger partial charge in [0, 0.05) is 5.69 Å². The normalized spacial score (nSPS) is 11.0. The SMILES string of the molecule is COC(=O)c1ccccc1Nc1ccc(OC)c(C(F)(F)F)c1. The molecule has 0 saturated heterocycles. The zero-order valence-electron chi connectivity index (χ0n) is 12.4. The summed E-state index contributed by atoms with van der Waals surface area (Å²) in [6.45, 7) is 0. The van der Waals surface area contributed by atoms with Gasteiger partial charge in [-0.25, -0.2) is 4.79 Å². The van der Waals surface area contributed by atoms with Crippen molar-refractivity contribution in [1.29, 1.82) is 0 Å². The number of hydrogen-bond donors (Lipinski definition) is 1. The van der Waals surface area contributed by atoms with Gasteiger partial charge in [0.25, 0.3) is 0 Å². The van der Waals surface area contributed by atoms with Crippen LogP contribution in [0.3, 0.4) is 0 Å². The lowest BCUT2D eigenvalue weighted by Crippen LogP contribution is -2.09. The molecule has 0 bridgehead atoms. The van der Waals surface area contributed by atoms with E-state index < -0.39 is 17.7 Å². The first-order valence-corrected chi connectivity index (χ1v) is 6.56. The second-order valence-corrected chi connectivity index (χ2v) is 4.57. The molecule has 0 aromatic heterocycles. The molecule has 0 aliphatic carbocycles. The molecule has 0 aliphatic heterocycles. The van der Waals surface area contributed by atoms with Crippen LogP contribution in [0.2, 0.25) is 0 Å². The van der Waals surface area contributed by atoms with E-state index in [0.29, 0.717) is 5.69 Å². The van der Waals surface area contributed by atoms with Gasteiger partial charge in [-0.05, 0) is 30.3 Å². The van der Waals surface area contributed by atoms with Crippen molar-refractivity contribution in [2.24, 2.45) is 0 Å². The van der Waals surface area contributed by atoms with Crippen molar-refractivity contribution in [1.82, 2.24) is 0 Å². The summed E-state index contributed by atoms with van der Waals surface area (Å²) in [6.07, 6.45) is -4.55. The van der Waals surface area contributed by atoms with Gasteiger partial charge in [-0.1, -0.05) is 12.1 Å². The fraction of sp³-hybridized carbons (Fsp3) is 0.188. The zero-order chi connectivity index (χ0) is 17.0. The predicted molar refractivity (Wildman–Crippen MR) is 79.1 cm³/mol. The summed E-state index contributed by atoms with van der Waals surface area (Å²) in [5.74, 6) is -0.859. The second kappa shape index (κ2) is 6.60. The fourth-order valence-electron chi connectivity index (χ4n) is 2.04. The Morgan fingerprint density at radius 2 is 1.78 bits per heavy atom. The molecule has 0 radical (unpaired) electrons. The minimum atomic E-state index is -4.55. The summed E-state index contributed by atoms with van der Waals surface area (Å²) >= 11 is 0. The molecule has 2 aromatic rings. The second-order valence-electron chi connectivity index (χ2n) is 4.57. The number of methoxy groups -OCH3 is 2. The van der Waals surface area contributed by atoms with Crippen LogP contribution >= 0.6 is 0 Å². The maximum Gasteiger partial charge on any atom is 0.420 e. The van der Waals surface area contributed by atoms with Gasteiger partial charge in [-0.2, -0.15) is 13.2 Å². The maximum absolute atomic E-state index is 13.0.